The molecule has 0 bridgehead atoms. The van der Waals surface area contributed by atoms with Crippen LogP contribution < -0.4 is 15.4 Å². The third kappa shape index (κ3) is 8.92. The standard InChI is InChI=1S/C16H27N3O2/c1-17-16(19-12-8-13-20-2)18-11-6-7-14-21-15-9-4-3-5-10-15/h3-5,9-10H,6-8,11-14H2,1-2H3,(H2,17,18,19). The fourth-order valence-electron chi connectivity index (χ4n) is 1.78. The maximum Gasteiger partial charge on any atom is 0.190 e. The minimum atomic E-state index is 0.742. The van der Waals surface area contributed by atoms with E-state index in [0.717, 1.165) is 57.3 Å². The number of nitrogens with zero attached hydrogens (tertiary/aromatic N) is 1. The lowest BCUT2D eigenvalue weighted by atomic mass is 10.3. The molecule has 1 aromatic carbocycles. The van der Waals surface area contributed by atoms with Crippen molar-refractivity contribution in [1.29, 1.82) is 0 Å². The van der Waals surface area contributed by atoms with Crippen molar-refractivity contribution >= 4 is 5.96 Å². The van der Waals surface area contributed by atoms with Gasteiger partial charge in [0.2, 0.25) is 0 Å². The number of rotatable bonds is 10. The molecule has 5 nitrogen and oxygen atoms in total. The summed E-state index contributed by atoms with van der Waals surface area (Å²) in [6.45, 7) is 3.26. The summed E-state index contributed by atoms with van der Waals surface area (Å²) in [5, 5.41) is 6.54. The van der Waals surface area contributed by atoms with E-state index >= 15 is 0 Å². The van der Waals surface area contributed by atoms with Gasteiger partial charge in [0.25, 0.3) is 0 Å². The summed E-state index contributed by atoms with van der Waals surface area (Å²) >= 11 is 0. The maximum atomic E-state index is 5.64. The molecule has 2 N–H and O–H groups in total. The molecule has 0 aliphatic heterocycles. The summed E-state index contributed by atoms with van der Waals surface area (Å²) in [6.07, 6.45) is 3.04. The SMILES string of the molecule is CN=C(NCCCCOc1ccccc1)NCCCOC. The fraction of sp³-hybridized carbons (Fsp3) is 0.562. The number of aliphatic imine (C=N–C) groups is 1. The van der Waals surface area contributed by atoms with Crippen molar-refractivity contribution in [3.8, 4) is 5.75 Å². The number of nitrogens with one attached hydrogen (secondary N) is 2. The molecular formula is C16H27N3O2. The maximum absolute atomic E-state index is 5.64. The molecule has 0 atom stereocenters. The zero-order chi connectivity index (χ0) is 15.2. The number of benzene rings is 1. The first-order chi connectivity index (χ1) is 10.4. The highest BCUT2D eigenvalue weighted by atomic mass is 16.5. The number of hydrogen-bond donors (Lipinski definition) is 2. The third-order valence-corrected chi connectivity index (χ3v) is 2.92. The third-order valence-electron chi connectivity index (χ3n) is 2.92. The number of hydrogen-bond acceptors (Lipinski definition) is 3. The van der Waals surface area contributed by atoms with Crippen LogP contribution in [-0.2, 0) is 4.74 Å². The molecule has 0 saturated heterocycles. The smallest absolute Gasteiger partial charge is 0.190 e. The molecule has 1 rings (SSSR count). The van der Waals surface area contributed by atoms with Gasteiger partial charge >= 0.3 is 0 Å². The quantitative estimate of drug-likeness (QED) is 0.394. The minimum Gasteiger partial charge on any atom is -0.494 e. The number of ether oxygens (including phenoxy) is 2. The Balaban J connectivity index is 1.99. The average molecular weight is 293 g/mol. The Kier molecular flexibility index (Phi) is 9.91. The Bertz CT molecular complexity index is 382. The first-order valence-corrected chi connectivity index (χ1v) is 7.48. The van der Waals surface area contributed by atoms with E-state index in [1.807, 2.05) is 30.3 Å². The van der Waals surface area contributed by atoms with Crippen LogP contribution in [0, 0.1) is 0 Å². The second-order valence-corrected chi connectivity index (χ2v) is 4.64. The Hall–Kier alpha value is -1.75. The molecule has 0 unspecified atom stereocenters. The van der Waals surface area contributed by atoms with Gasteiger partial charge in [-0.1, -0.05) is 18.2 Å². The lowest BCUT2D eigenvalue weighted by Crippen LogP contribution is -2.38. The van der Waals surface area contributed by atoms with E-state index in [4.69, 9.17) is 9.47 Å². The number of methoxy groups -OCH3 is 1. The zero-order valence-corrected chi connectivity index (χ0v) is 13.1. The van der Waals surface area contributed by atoms with E-state index < -0.39 is 0 Å². The van der Waals surface area contributed by atoms with Crippen molar-refractivity contribution in [3.63, 3.8) is 0 Å². The van der Waals surface area contributed by atoms with Crippen molar-refractivity contribution in [2.45, 2.75) is 19.3 Å². The van der Waals surface area contributed by atoms with Crippen molar-refractivity contribution in [3.05, 3.63) is 30.3 Å². The van der Waals surface area contributed by atoms with Gasteiger partial charge in [-0.05, 0) is 31.4 Å². The van der Waals surface area contributed by atoms with Gasteiger partial charge in [-0.15, -0.1) is 0 Å². The van der Waals surface area contributed by atoms with Gasteiger partial charge in [0.05, 0.1) is 6.61 Å². The van der Waals surface area contributed by atoms with Crippen LogP contribution >= 0.6 is 0 Å². The largest absolute Gasteiger partial charge is 0.494 e. The van der Waals surface area contributed by atoms with Crippen molar-refractivity contribution < 1.29 is 9.47 Å². The van der Waals surface area contributed by atoms with Gasteiger partial charge < -0.3 is 20.1 Å². The Morgan fingerprint density at radius 2 is 1.71 bits per heavy atom. The van der Waals surface area contributed by atoms with Crippen LogP contribution in [0.5, 0.6) is 5.75 Å². The van der Waals surface area contributed by atoms with Gasteiger partial charge in [-0.25, -0.2) is 0 Å². The molecule has 0 spiro atoms. The van der Waals surface area contributed by atoms with E-state index in [1.54, 1.807) is 14.2 Å². The van der Waals surface area contributed by atoms with Crippen LogP contribution in [-0.4, -0.2) is 46.4 Å². The van der Waals surface area contributed by atoms with Crippen molar-refractivity contribution in [2.75, 3.05) is 40.5 Å². The monoisotopic (exact) mass is 293 g/mol. The Morgan fingerprint density at radius 3 is 2.38 bits per heavy atom. The summed E-state index contributed by atoms with van der Waals surface area (Å²) < 4.78 is 10.6. The normalized spacial score (nSPS) is 11.2. The van der Waals surface area contributed by atoms with Gasteiger partial charge in [-0.3, -0.25) is 4.99 Å². The molecule has 0 radical (unpaired) electrons. The summed E-state index contributed by atoms with van der Waals surface area (Å²) in [4.78, 5) is 4.17. The number of guanidine groups is 1. The van der Waals surface area contributed by atoms with Crippen LogP contribution in [0.2, 0.25) is 0 Å². The molecule has 0 aliphatic rings. The number of unbranched alkanes of at least 4 members (excludes halogenated alkanes) is 1. The molecule has 5 heteroatoms. The van der Waals surface area contributed by atoms with Crippen molar-refractivity contribution in [1.82, 2.24) is 10.6 Å². The van der Waals surface area contributed by atoms with Crippen LogP contribution in [0.15, 0.2) is 35.3 Å². The van der Waals surface area contributed by atoms with E-state index in [1.165, 1.54) is 0 Å². The molecule has 0 heterocycles. The highest BCUT2D eigenvalue weighted by Crippen LogP contribution is 2.08. The second-order valence-electron chi connectivity index (χ2n) is 4.64. The van der Waals surface area contributed by atoms with Gasteiger partial charge in [0.1, 0.15) is 5.75 Å². The fourth-order valence-corrected chi connectivity index (χ4v) is 1.78. The Morgan fingerprint density at radius 1 is 1.00 bits per heavy atom. The molecule has 0 saturated carbocycles. The molecular weight excluding hydrogens is 266 g/mol. The highest BCUT2D eigenvalue weighted by Gasteiger charge is 1.97. The van der Waals surface area contributed by atoms with E-state index in [0.29, 0.717) is 0 Å². The van der Waals surface area contributed by atoms with Gasteiger partial charge in [0, 0.05) is 33.9 Å². The first kappa shape index (κ1) is 17.3. The van der Waals surface area contributed by atoms with Crippen LogP contribution in [0.4, 0.5) is 0 Å². The van der Waals surface area contributed by atoms with Crippen LogP contribution in [0.1, 0.15) is 19.3 Å². The van der Waals surface area contributed by atoms with E-state index in [9.17, 15) is 0 Å². The van der Waals surface area contributed by atoms with Crippen molar-refractivity contribution in [2.24, 2.45) is 4.99 Å². The van der Waals surface area contributed by atoms with E-state index in [2.05, 4.69) is 15.6 Å². The lowest BCUT2D eigenvalue weighted by Gasteiger charge is -2.11. The molecule has 0 aromatic heterocycles. The summed E-state index contributed by atoms with van der Waals surface area (Å²) in [7, 11) is 3.49. The highest BCUT2D eigenvalue weighted by molar-refractivity contribution is 5.79. The zero-order valence-electron chi connectivity index (χ0n) is 13.1. The Labute approximate surface area is 127 Å². The lowest BCUT2D eigenvalue weighted by molar-refractivity contribution is 0.195. The predicted octanol–water partition coefficient (Wildman–Crippen LogP) is 2.05. The predicted molar refractivity (Wildman–Crippen MR) is 87.0 cm³/mol. The second kappa shape index (κ2) is 12.0. The van der Waals surface area contributed by atoms with Crippen LogP contribution in [0.3, 0.4) is 0 Å². The molecule has 0 fully saturated rings. The van der Waals surface area contributed by atoms with Gasteiger partial charge in [-0.2, -0.15) is 0 Å². The molecule has 21 heavy (non-hydrogen) atoms. The molecule has 0 amide bonds. The van der Waals surface area contributed by atoms with E-state index in [-0.39, 0.29) is 0 Å². The average Bonchev–Trinajstić information content (AvgIpc) is 2.53. The molecule has 118 valence electrons. The first-order valence-electron chi connectivity index (χ1n) is 7.48. The summed E-state index contributed by atoms with van der Waals surface area (Å²) in [6, 6.07) is 9.91. The topological polar surface area (TPSA) is 54.9 Å². The summed E-state index contributed by atoms with van der Waals surface area (Å²) in [5.41, 5.74) is 0. The molecule has 0 aliphatic carbocycles. The summed E-state index contributed by atoms with van der Waals surface area (Å²) in [5.74, 6) is 1.77. The molecule has 1 aromatic rings. The number of para-hydroxylation sites is 1. The van der Waals surface area contributed by atoms with Gasteiger partial charge in [0.15, 0.2) is 5.96 Å². The minimum absolute atomic E-state index is 0.742. The van der Waals surface area contributed by atoms with Crippen LogP contribution in [0.25, 0.3) is 0 Å².